The number of hydrogen-bond acceptors (Lipinski definition) is 1. The summed E-state index contributed by atoms with van der Waals surface area (Å²) >= 11 is 6.10. The second-order valence-corrected chi connectivity index (χ2v) is 5.13. The molecule has 16 heavy (non-hydrogen) atoms. The lowest BCUT2D eigenvalue weighted by molar-refractivity contribution is 0.387. The van der Waals surface area contributed by atoms with Gasteiger partial charge < -0.3 is 5.32 Å². The van der Waals surface area contributed by atoms with Crippen LogP contribution in [-0.4, -0.2) is 6.04 Å². The van der Waals surface area contributed by atoms with Crippen LogP contribution in [0.25, 0.3) is 0 Å². The lowest BCUT2D eigenvalue weighted by atomic mass is 10.0. The monoisotopic (exact) mass is 239 g/mol. The van der Waals surface area contributed by atoms with E-state index in [-0.39, 0.29) is 0 Å². The van der Waals surface area contributed by atoms with Crippen LogP contribution in [0.2, 0.25) is 5.02 Å². The summed E-state index contributed by atoms with van der Waals surface area (Å²) < 4.78 is 0. The molecule has 0 saturated carbocycles. The average molecular weight is 240 g/mol. The second-order valence-electron chi connectivity index (χ2n) is 4.72. The molecule has 0 amide bonds. The summed E-state index contributed by atoms with van der Waals surface area (Å²) in [6.07, 6.45) is 1.16. The maximum absolute atomic E-state index is 6.10. The van der Waals surface area contributed by atoms with E-state index in [4.69, 9.17) is 11.6 Å². The van der Waals surface area contributed by atoms with Crippen LogP contribution in [0.3, 0.4) is 0 Å². The number of nitrogens with one attached hydrogen (secondary N) is 1. The van der Waals surface area contributed by atoms with Crippen molar-refractivity contribution in [3.8, 4) is 0 Å². The van der Waals surface area contributed by atoms with Crippen molar-refractivity contribution in [1.29, 1.82) is 0 Å². The van der Waals surface area contributed by atoms with Gasteiger partial charge in [0.2, 0.25) is 0 Å². The zero-order valence-electron chi connectivity index (χ0n) is 10.7. The highest BCUT2D eigenvalue weighted by molar-refractivity contribution is 6.31. The van der Waals surface area contributed by atoms with Gasteiger partial charge >= 0.3 is 0 Å². The van der Waals surface area contributed by atoms with E-state index >= 15 is 0 Å². The van der Waals surface area contributed by atoms with E-state index in [2.05, 4.69) is 44.3 Å². The van der Waals surface area contributed by atoms with E-state index in [0.29, 0.717) is 12.0 Å². The Labute approximate surface area is 104 Å². The number of hydrogen-bond donors (Lipinski definition) is 1. The van der Waals surface area contributed by atoms with E-state index in [1.165, 1.54) is 5.56 Å². The highest BCUT2D eigenvalue weighted by Gasteiger charge is 2.09. The van der Waals surface area contributed by atoms with Crippen LogP contribution in [0, 0.1) is 12.8 Å². The molecule has 0 aliphatic heterocycles. The molecule has 1 aromatic carbocycles. The smallest absolute Gasteiger partial charge is 0.0438 e. The molecule has 1 N–H and O–H groups in total. The van der Waals surface area contributed by atoms with Gasteiger partial charge in [-0.15, -0.1) is 0 Å². The van der Waals surface area contributed by atoms with Crippen LogP contribution < -0.4 is 5.32 Å². The molecule has 1 aromatic rings. The van der Waals surface area contributed by atoms with Gasteiger partial charge in [-0.05, 0) is 36.5 Å². The molecule has 0 aliphatic carbocycles. The van der Waals surface area contributed by atoms with E-state index in [1.807, 2.05) is 6.92 Å². The molecule has 1 atom stereocenters. The largest absolute Gasteiger partial charge is 0.310 e. The molecule has 1 nitrogen and oxygen atoms in total. The van der Waals surface area contributed by atoms with Crippen molar-refractivity contribution in [1.82, 2.24) is 5.32 Å². The average Bonchev–Trinajstić information content (AvgIpc) is 2.23. The van der Waals surface area contributed by atoms with Gasteiger partial charge in [0.1, 0.15) is 0 Å². The fraction of sp³-hybridized carbons (Fsp3) is 0.571. The molecule has 0 fully saturated rings. The Bertz CT molecular complexity index is 334. The normalized spacial score (nSPS) is 13.1. The van der Waals surface area contributed by atoms with Gasteiger partial charge in [-0.3, -0.25) is 0 Å². The van der Waals surface area contributed by atoms with Crippen LogP contribution in [0.15, 0.2) is 18.2 Å². The van der Waals surface area contributed by atoms with Gasteiger partial charge in [0, 0.05) is 17.6 Å². The predicted molar refractivity (Wildman–Crippen MR) is 71.9 cm³/mol. The summed E-state index contributed by atoms with van der Waals surface area (Å²) in [5.41, 5.74) is 2.40. The Hall–Kier alpha value is -0.530. The molecular weight excluding hydrogens is 218 g/mol. The molecule has 0 saturated heterocycles. The molecular formula is C14H22ClN. The molecule has 90 valence electrons. The predicted octanol–water partition coefficient (Wildman–Crippen LogP) is 4.17. The summed E-state index contributed by atoms with van der Waals surface area (Å²) in [4.78, 5) is 0. The topological polar surface area (TPSA) is 12.0 Å². The highest BCUT2D eigenvalue weighted by Crippen LogP contribution is 2.17. The first-order chi connectivity index (χ1) is 7.54. The van der Waals surface area contributed by atoms with Crippen molar-refractivity contribution in [2.24, 2.45) is 5.92 Å². The summed E-state index contributed by atoms with van der Waals surface area (Å²) in [7, 11) is 0. The third kappa shape index (κ3) is 3.80. The molecule has 2 heteroatoms. The van der Waals surface area contributed by atoms with Crippen LogP contribution in [0.5, 0.6) is 0 Å². The van der Waals surface area contributed by atoms with Crippen LogP contribution in [0.4, 0.5) is 0 Å². The van der Waals surface area contributed by atoms with Crippen molar-refractivity contribution in [3.05, 3.63) is 34.3 Å². The maximum Gasteiger partial charge on any atom is 0.0438 e. The minimum Gasteiger partial charge on any atom is -0.310 e. The Morgan fingerprint density at radius 1 is 1.31 bits per heavy atom. The molecule has 0 heterocycles. The quantitative estimate of drug-likeness (QED) is 0.813. The molecule has 0 bridgehead atoms. The minimum atomic E-state index is 0.583. The third-order valence-corrected chi connectivity index (χ3v) is 3.46. The number of rotatable bonds is 5. The maximum atomic E-state index is 6.10. The summed E-state index contributed by atoms with van der Waals surface area (Å²) in [5.74, 6) is 0.672. The Balaban J connectivity index is 2.57. The number of benzene rings is 1. The standard InChI is InChI=1S/C14H22ClN/c1-5-14(10(2)3)16-9-12-7-6-11(4)13(15)8-12/h6-8,10,14,16H,5,9H2,1-4H3. The third-order valence-electron chi connectivity index (χ3n) is 3.05. The van der Waals surface area contributed by atoms with Crippen molar-refractivity contribution >= 4 is 11.6 Å². The lowest BCUT2D eigenvalue weighted by Gasteiger charge is -2.20. The SMILES string of the molecule is CCC(NCc1ccc(C)c(Cl)c1)C(C)C. The molecule has 0 aliphatic rings. The number of aryl methyl sites for hydroxylation is 1. The van der Waals surface area contributed by atoms with Gasteiger partial charge in [-0.1, -0.05) is 44.5 Å². The van der Waals surface area contributed by atoms with Gasteiger partial charge in [0.15, 0.2) is 0 Å². The molecule has 0 spiro atoms. The zero-order valence-corrected chi connectivity index (χ0v) is 11.4. The second kappa shape index (κ2) is 6.27. The van der Waals surface area contributed by atoms with E-state index in [0.717, 1.165) is 23.6 Å². The van der Waals surface area contributed by atoms with Gasteiger partial charge in [-0.2, -0.15) is 0 Å². The lowest BCUT2D eigenvalue weighted by Crippen LogP contribution is -2.32. The van der Waals surface area contributed by atoms with E-state index in [1.54, 1.807) is 0 Å². The van der Waals surface area contributed by atoms with Crippen molar-refractivity contribution in [3.63, 3.8) is 0 Å². The zero-order chi connectivity index (χ0) is 12.1. The number of halogens is 1. The van der Waals surface area contributed by atoms with Crippen molar-refractivity contribution in [2.45, 2.75) is 46.7 Å². The van der Waals surface area contributed by atoms with Crippen molar-refractivity contribution in [2.75, 3.05) is 0 Å². The first kappa shape index (κ1) is 13.5. The minimum absolute atomic E-state index is 0.583. The molecule has 1 rings (SSSR count). The van der Waals surface area contributed by atoms with Gasteiger partial charge in [0.05, 0.1) is 0 Å². The van der Waals surface area contributed by atoms with Crippen LogP contribution in [0.1, 0.15) is 38.3 Å². The summed E-state index contributed by atoms with van der Waals surface area (Å²) in [6, 6.07) is 6.86. The summed E-state index contributed by atoms with van der Waals surface area (Å²) in [5, 5.41) is 4.43. The van der Waals surface area contributed by atoms with Crippen LogP contribution in [-0.2, 0) is 6.54 Å². The van der Waals surface area contributed by atoms with E-state index < -0.39 is 0 Å². The fourth-order valence-corrected chi connectivity index (χ4v) is 2.05. The Morgan fingerprint density at radius 3 is 2.50 bits per heavy atom. The van der Waals surface area contributed by atoms with Crippen LogP contribution >= 0.6 is 11.6 Å². The van der Waals surface area contributed by atoms with Crippen molar-refractivity contribution < 1.29 is 0 Å². The highest BCUT2D eigenvalue weighted by atomic mass is 35.5. The molecule has 0 radical (unpaired) electrons. The molecule has 1 unspecified atom stereocenters. The fourth-order valence-electron chi connectivity index (χ4n) is 1.85. The summed E-state index contributed by atoms with van der Waals surface area (Å²) in [6.45, 7) is 9.66. The van der Waals surface area contributed by atoms with Gasteiger partial charge in [-0.25, -0.2) is 0 Å². The van der Waals surface area contributed by atoms with Gasteiger partial charge in [0.25, 0.3) is 0 Å². The Kier molecular flexibility index (Phi) is 5.30. The first-order valence-corrected chi connectivity index (χ1v) is 6.40. The first-order valence-electron chi connectivity index (χ1n) is 6.03. The van der Waals surface area contributed by atoms with E-state index in [9.17, 15) is 0 Å². The molecule has 0 aromatic heterocycles. The Morgan fingerprint density at radius 2 is 2.00 bits per heavy atom.